The second kappa shape index (κ2) is 9.74. The van der Waals surface area contributed by atoms with E-state index in [2.05, 4.69) is 43.8 Å². The van der Waals surface area contributed by atoms with Gasteiger partial charge in [-0.05, 0) is 61.9 Å². The van der Waals surface area contributed by atoms with Gasteiger partial charge in [-0.3, -0.25) is 4.98 Å². The number of rotatable bonds is 7. The zero-order valence-corrected chi connectivity index (χ0v) is 22.3. The van der Waals surface area contributed by atoms with Gasteiger partial charge in [0.25, 0.3) is 0 Å². The fourth-order valence-corrected chi connectivity index (χ4v) is 4.72. The summed E-state index contributed by atoms with van der Waals surface area (Å²) in [5, 5.41) is 10.1. The summed E-state index contributed by atoms with van der Waals surface area (Å²) in [6, 6.07) is 2.00. The van der Waals surface area contributed by atoms with Crippen LogP contribution in [0.1, 0.15) is 32.2 Å². The van der Waals surface area contributed by atoms with E-state index >= 15 is 0 Å². The zero-order valence-electron chi connectivity index (χ0n) is 19.1. The van der Waals surface area contributed by atoms with Crippen molar-refractivity contribution in [1.82, 2.24) is 29.2 Å². The lowest BCUT2D eigenvalue weighted by Crippen LogP contribution is -2.36. The molecule has 0 aliphatic carbocycles. The largest absolute Gasteiger partial charge is 0.475 e. The lowest BCUT2D eigenvalue weighted by atomic mass is 10.1. The second-order valence-corrected chi connectivity index (χ2v) is 10.4. The van der Waals surface area contributed by atoms with Crippen LogP contribution in [0.5, 0.6) is 5.88 Å². The molecule has 1 amide bonds. The van der Waals surface area contributed by atoms with E-state index in [1.807, 2.05) is 51.5 Å². The van der Waals surface area contributed by atoms with Crippen LogP contribution in [-0.4, -0.2) is 61.1 Å². The number of pyridine rings is 1. The van der Waals surface area contributed by atoms with Gasteiger partial charge in [-0.2, -0.15) is 10.2 Å². The third-order valence-corrected chi connectivity index (χ3v) is 6.54. The monoisotopic (exact) mass is 570 g/mol. The highest BCUT2D eigenvalue weighted by molar-refractivity contribution is 14.2. The van der Waals surface area contributed by atoms with Gasteiger partial charge in [-0.25, -0.2) is 13.9 Å². The summed E-state index contributed by atoms with van der Waals surface area (Å²) in [5.41, 5.74) is 3.60. The van der Waals surface area contributed by atoms with E-state index in [0.29, 0.717) is 18.8 Å². The average Bonchev–Trinajstić information content (AvgIpc) is 3.22. The minimum Gasteiger partial charge on any atom is -0.475 e. The van der Waals surface area contributed by atoms with Gasteiger partial charge in [0.1, 0.15) is 12.2 Å². The molecular formula is C21H28IN6O3P. The summed E-state index contributed by atoms with van der Waals surface area (Å²) < 4.78 is 15.1. The first-order chi connectivity index (χ1) is 15.1. The summed E-state index contributed by atoms with van der Waals surface area (Å²) in [5.74, 6) is 0.593. The van der Waals surface area contributed by atoms with Gasteiger partial charge in [-0.15, -0.1) is 0 Å². The predicted molar refractivity (Wildman–Crippen MR) is 137 cm³/mol. The Morgan fingerprint density at radius 3 is 2.72 bits per heavy atom. The molecule has 3 heterocycles. The zero-order chi connectivity index (χ0) is 23.6. The van der Waals surface area contributed by atoms with Gasteiger partial charge >= 0.3 is 6.09 Å². The van der Waals surface area contributed by atoms with Crippen molar-refractivity contribution in [2.45, 2.75) is 33.3 Å². The molecule has 0 saturated carbocycles. The first-order valence-corrected chi connectivity index (χ1v) is 14.1. The van der Waals surface area contributed by atoms with Crippen molar-refractivity contribution in [1.29, 1.82) is 0 Å². The first kappa shape index (κ1) is 24.4. The molecule has 0 radical (unpaired) electrons. The number of carbonyl (C=O) groups excluding carboxylic acids is 1. The minimum atomic E-state index is -0.543. The van der Waals surface area contributed by atoms with E-state index in [1.165, 1.54) is 4.90 Å². The molecule has 32 heavy (non-hydrogen) atoms. The van der Waals surface area contributed by atoms with Crippen LogP contribution in [0.25, 0.3) is 28.2 Å². The Kier molecular flexibility index (Phi) is 7.44. The van der Waals surface area contributed by atoms with Crippen molar-refractivity contribution in [2.24, 2.45) is 7.05 Å². The van der Waals surface area contributed by atoms with E-state index in [1.54, 1.807) is 17.8 Å². The summed E-state index contributed by atoms with van der Waals surface area (Å²) in [4.78, 5) is 18.3. The Balaban J connectivity index is 1.84. The van der Waals surface area contributed by atoms with E-state index in [4.69, 9.17) is 9.47 Å². The van der Waals surface area contributed by atoms with Crippen molar-refractivity contribution in [3.05, 3.63) is 30.2 Å². The van der Waals surface area contributed by atoms with E-state index in [-0.39, 0.29) is 12.7 Å². The van der Waals surface area contributed by atoms with E-state index < -0.39 is 5.60 Å². The maximum Gasteiger partial charge on any atom is 0.410 e. The number of carbonyl (C=O) groups is 1. The molecule has 0 aliphatic rings. The van der Waals surface area contributed by atoms with Crippen molar-refractivity contribution >= 4 is 51.5 Å². The molecule has 0 N–H and O–H groups in total. The number of aryl methyl sites for hydroxylation is 2. The molecule has 0 bridgehead atoms. The Bertz CT molecular complexity index is 1150. The highest BCUT2D eigenvalue weighted by Crippen LogP contribution is 2.36. The van der Waals surface area contributed by atoms with Crippen LogP contribution in [0.3, 0.4) is 0 Å². The fraction of sp³-hybridized carbons (Fsp3) is 0.429. The Hall–Kier alpha value is -2.20. The van der Waals surface area contributed by atoms with Gasteiger partial charge in [0, 0.05) is 19.5 Å². The molecule has 3 aromatic rings. The van der Waals surface area contributed by atoms with Crippen LogP contribution in [-0.2, 0) is 11.8 Å². The molecule has 1 atom stereocenters. The molecule has 0 saturated heterocycles. The summed E-state index contributed by atoms with van der Waals surface area (Å²) in [6.07, 6.45) is 3.65. The average molecular weight is 570 g/mol. The van der Waals surface area contributed by atoms with Crippen LogP contribution in [0.2, 0.25) is 0 Å². The summed E-state index contributed by atoms with van der Waals surface area (Å²) in [6.45, 7) is 12.0. The van der Waals surface area contributed by atoms with Gasteiger partial charge in [0.15, 0.2) is 0 Å². The van der Waals surface area contributed by atoms with Crippen molar-refractivity contribution in [2.75, 3.05) is 20.2 Å². The first-order valence-electron chi connectivity index (χ1n) is 10.0. The van der Waals surface area contributed by atoms with Crippen LogP contribution in [0.4, 0.5) is 4.79 Å². The van der Waals surface area contributed by atoms with Crippen molar-refractivity contribution in [3.63, 3.8) is 0 Å². The Morgan fingerprint density at radius 1 is 1.38 bits per heavy atom. The quantitative estimate of drug-likeness (QED) is 0.299. The third-order valence-electron chi connectivity index (χ3n) is 4.66. The number of nitrogens with zero attached hydrogens (tertiary/aromatic N) is 6. The van der Waals surface area contributed by atoms with Gasteiger partial charge < -0.3 is 14.4 Å². The van der Waals surface area contributed by atoms with Gasteiger partial charge in [-0.1, -0.05) is 6.58 Å². The molecule has 9 nitrogen and oxygen atoms in total. The molecule has 3 rings (SSSR count). The smallest absolute Gasteiger partial charge is 0.410 e. The fourth-order valence-electron chi connectivity index (χ4n) is 3.20. The number of likely N-dealkylation sites (N-methyl/N-ethyl adjacent to an activating group) is 1. The standard InChI is InChI=1S/C21H28IN6O3P/c1-8-15-14-11-16(23-12-17(14)28(25-15)32-22)18-13(2)24-27(7)19(18)30-10-9-26(6)20(29)31-21(3,4)5/h8,11-12,32H,1,9-10H2,2-7H3. The highest BCUT2D eigenvalue weighted by atomic mass is 127. The van der Waals surface area contributed by atoms with E-state index in [9.17, 15) is 4.79 Å². The maximum atomic E-state index is 12.2. The Labute approximate surface area is 202 Å². The van der Waals surface area contributed by atoms with Crippen LogP contribution >= 0.6 is 28.4 Å². The Morgan fingerprint density at radius 2 is 2.09 bits per heavy atom. The minimum absolute atomic E-state index is 0.287. The molecule has 3 aromatic heterocycles. The maximum absolute atomic E-state index is 12.2. The van der Waals surface area contributed by atoms with Crippen molar-refractivity contribution in [3.8, 4) is 17.1 Å². The molecule has 0 spiro atoms. The highest BCUT2D eigenvalue weighted by Gasteiger charge is 2.22. The lowest BCUT2D eigenvalue weighted by molar-refractivity contribution is 0.0276. The second-order valence-electron chi connectivity index (χ2n) is 8.31. The molecular weight excluding hydrogens is 542 g/mol. The number of ether oxygens (including phenoxy) is 2. The van der Waals surface area contributed by atoms with Gasteiger partial charge in [0.2, 0.25) is 5.88 Å². The number of halogens is 1. The number of hydrogen-bond acceptors (Lipinski definition) is 6. The SMILES string of the molecule is C=Cc1nn(PI)c2cnc(-c3c(C)nn(C)c3OCCN(C)C(=O)OC(C)(C)C)cc12. The molecule has 11 heteroatoms. The number of aromatic nitrogens is 5. The number of hydrogen-bond donors (Lipinski definition) is 0. The molecule has 0 fully saturated rings. The lowest BCUT2D eigenvalue weighted by Gasteiger charge is -2.24. The van der Waals surface area contributed by atoms with Crippen LogP contribution in [0, 0.1) is 6.92 Å². The van der Waals surface area contributed by atoms with Crippen LogP contribution in [0.15, 0.2) is 18.8 Å². The molecule has 172 valence electrons. The van der Waals surface area contributed by atoms with Gasteiger partial charge in [0.05, 0.1) is 47.3 Å². The predicted octanol–water partition coefficient (Wildman–Crippen LogP) is 4.82. The number of amides is 1. The van der Waals surface area contributed by atoms with E-state index in [0.717, 1.165) is 33.5 Å². The topological polar surface area (TPSA) is 87.3 Å². The number of fused-ring (bicyclic) bond motifs is 1. The normalized spacial score (nSPS) is 12.0. The molecule has 0 aromatic carbocycles. The molecule has 0 aliphatic heterocycles. The molecule has 1 unspecified atom stereocenters. The van der Waals surface area contributed by atoms with Crippen molar-refractivity contribution < 1.29 is 14.3 Å². The third kappa shape index (κ3) is 5.23. The summed E-state index contributed by atoms with van der Waals surface area (Å²) in [7, 11) is 3.51. The van der Waals surface area contributed by atoms with Crippen LogP contribution < -0.4 is 4.74 Å². The summed E-state index contributed by atoms with van der Waals surface area (Å²) >= 11 is 2.29.